The fraction of sp³-hybridized carbons (Fsp3) is 0.295. The summed E-state index contributed by atoms with van der Waals surface area (Å²) >= 11 is 0. The molecule has 11 rings (SSSR count). The normalized spacial score (nSPS) is 13.2. The van der Waals surface area contributed by atoms with Gasteiger partial charge in [0.15, 0.2) is 11.4 Å². The second kappa shape index (κ2) is 41.7. The molecule has 100 heavy (non-hydrogen) atoms. The van der Waals surface area contributed by atoms with Crippen LogP contribution in [0.4, 0.5) is 45.5 Å². The molecule has 2 fully saturated rings. The molecule has 2 aliphatic rings. The van der Waals surface area contributed by atoms with Gasteiger partial charge >= 0.3 is 11.9 Å². The number of likely N-dealkylation sites (tertiary alicyclic amines) is 2. The van der Waals surface area contributed by atoms with Crippen LogP contribution in [0.3, 0.4) is 0 Å². The zero-order valence-corrected chi connectivity index (χ0v) is 58.0. The summed E-state index contributed by atoms with van der Waals surface area (Å²) in [5.74, 6) is -0.134. The molecule has 0 spiro atoms. The number of aryl methyl sites for hydroxylation is 3. The van der Waals surface area contributed by atoms with Crippen LogP contribution in [-0.2, 0) is 31.9 Å². The molecule has 0 unspecified atom stereocenters. The molecular formula is C78H92N14O8. The molecule has 0 radical (unpaired) electrons. The minimum atomic E-state index is -0.727. The first-order chi connectivity index (χ1) is 48.4. The Morgan fingerprint density at radius 1 is 0.500 bits per heavy atom. The maximum Gasteiger partial charge on any atom is 0.337 e. The third-order valence-electron chi connectivity index (χ3n) is 16.7. The van der Waals surface area contributed by atoms with E-state index in [1.807, 2.05) is 130 Å². The van der Waals surface area contributed by atoms with Crippen molar-refractivity contribution < 1.29 is 38.9 Å². The van der Waals surface area contributed by atoms with E-state index >= 15 is 0 Å². The summed E-state index contributed by atoms with van der Waals surface area (Å²) in [7, 11) is 6.48. The van der Waals surface area contributed by atoms with Crippen molar-refractivity contribution in [3.05, 3.63) is 256 Å². The van der Waals surface area contributed by atoms with Gasteiger partial charge in [-0.25, -0.2) is 19.3 Å². The van der Waals surface area contributed by atoms with Gasteiger partial charge in [0.05, 0.1) is 49.7 Å². The summed E-state index contributed by atoms with van der Waals surface area (Å²) in [4.78, 5) is 54.1. The van der Waals surface area contributed by atoms with Gasteiger partial charge in [0.25, 0.3) is 0 Å². The number of carbonyl (C=O) groups excluding carboxylic acids is 4. The van der Waals surface area contributed by atoms with Crippen LogP contribution in [0.5, 0.6) is 0 Å². The average Bonchev–Trinajstić information content (AvgIpc) is 0.911. The fourth-order valence-electron chi connectivity index (χ4n) is 10.2. The van der Waals surface area contributed by atoms with Crippen LogP contribution in [0.25, 0.3) is 21.1 Å². The van der Waals surface area contributed by atoms with E-state index in [9.17, 15) is 29.4 Å². The minimum Gasteiger partial charge on any atom is -0.465 e. The zero-order valence-electron chi connectivity index (χ0n) is 58.0. The van der Waals surface area contributed by atoms with Crippen molar-refractivity contribution in [2.24, 2.45) is 0 Å². The molecule has 0 aliphatic carbocycles. The van der Waals surface area contributed by atoms with Crippen LogP contribution in [0.2, 0.25) is 0 Å². The lowest BCUT2D eigenvalue weighted by Gasteiger charge is -2.38. The van der Waals surface area contributed by atoms with Crippen molar-refractivity contribution in [2.75, 3.05) is 113 Å². The number of tetrazole rings is 1. The number of methoxy groups -OCH3 is 2. The quantitative estimate of drug-likeness (QED) is 0.0184. The van der Waals surface area contributed by atoms with Gasteiger partial charge in [-0.05, 0) is 185 Å². The highest BCUT2D eigenvalue weighted by molar-refractivity contribution is 5.90. The Morgan fingerprint density at radius 2 is 0.830 bits per heavy atom. The van der Waals surface area contributed by atoms with E-state index in [-0.39, 0.29) is 5.97 Å². The molecule has 8 aromatic carbocycles. The molecule has 3 heterocycles. The highest BCUT2D eigenvalue weighted by Gasteiger charge is 2.33. The fourth-order valence-corrected chi connectivity index (χ4v) is 10.2. The third-order valence-corrected chi connectivity index (χ3v) is 16.7. The zero-order chi connectivity index (χ0) is 72.0. The highest BCUT2D eigenvalue weighted by Crippen LogP contribution is 2.26. The predicted octanol–water partition coefficient (Wildman–Crippen LogP) is 13.1. The van der Waals surface area contributed by atoms with Crippen LogP contribution in [0, 0.1) is 33.9 Å². The number of hydrogen-bond donors (Lipinski definition) is 9. The first-order valence-electron chi connectivity index (χ1n) is 32.9. The Hall–Kier alpha value is -11.3. The number of H-pyrrole nitrogens is 1. The van der Waals surface area contributed by atoms with E-state index < -0.39 is 17.2 Å². The summed E-state index contributed by atoms with van der Waals surface area (Å²) in [5.41, 5.74) is 13.8. The summed E-state index contributed by atoms with van der Waals surface area (Å²) < 4.78 is 9.21. The second-order valence-electron chi connectivity index (χ2n) is 24.0. The second-order valence-corrected chi connectivity index (χ2v) is 24.0. The lowest BCUT2D eigenvalue weighted by molar-refractivity contribution is -0.106. The number of aromatic amines is 1. The number of piperidine rings is 2. The first-order valence-corrected chi connectivity index (χ1v) is 32.9. The van der Waals surface area contributed by atoms with Gasteiger partial charge in [-0.2, -0.15) is 5.21 Å². The number of nitrogens with zero attached hydrogens (tertiary/aromatic N) is 7. The van der Waals surface area contributed by atoms with Crippen LogP contribution >= 0.6 is 0 Å². The van der Waals surface area contributed by atoms with Crippen molar-refractivity contribution in [1.29, 1.82) is 0 Å². The number of esters is 2. The van der Waals surface area contributed by atoms with E-state index in [4.69, 9.17) is 17.9 Å². The van der Waals surface area contributed by atoms with Crippen molar-refractivity contribution in [2.45, 2.75) is 70.5 Å². The Labute approximate surface area is 587 Å². The Morgan fingerprint density at radius 3 is 1.15 bits per heavy atom. The van der Waals surface area contributed by atoms with E-state index in [1.165, 1.54) is 47.7 Å². The van der Waals surface area contributed by atoms with E-state index in [1.54, 1.807) is 36.4 Å². The maximum atomic E-state index is 11.5. The van der Waals surface area contributed by atoms with Gasteiger partial charge in [0, 0.05) is 106 Å². The minimum absolute atomic E-state index is 0.357. The smallest absolute Gasteiger partial charge is 0.337 e. The number of nitrogens with one attached hydrogen (secondary N) is 7. The van der Waals surface area contributed by atoms with Crippen molar-refractivity contribution in [3.63, 3.8) is 0 Å². The lowest BCUT2D eigenvalue weighted by Crippen LogP contribution is -2.48. The molecule has 1 aromatic heterocycles. The summed E-state index contributed by atoms with van der Waals surface area (Å²) in [5, 5.41) is 53.1. The van der Waals surface area contributed by atoms with Crippen LogP contribution < -0.4 is 31.9 Å². The number of amides is 2. The Balaban J connectivity index is 0.000000200. The van der Waals surface area contributed by atoms with Crippen molar-refractivity contribution in [3.8, 4) is 11.4 Å². The van der Waals surface area contributed by atoms with Crippen LogP contribution in [0.1, 0.15) is 74.2 Å². The maximum absolute atomic E-state index is 11.5. The van der Waals surface area contributed by atoms with E-state index in [0.717, 1.165) is 106 Å². The predicted molar refractivity (Wildman–Crippen MR) is 398 cm³/mol. The third kappa shape index (κ3) is 27.7. The molecule has 522 valence electrons. The Bertz CT molecular complexity index is 3930. The van der Waals surface area contributed by atoms with Crippen LogP contribution in [0.15, 0.2) is 194 Å². The molecule has 2 aliphatic heterocycles. The summed E-state index contributed by atoms with van der Waals surface area (Å²) in [6, 6.07) is 61.1. The number of aliphatic hydroxyl groups is 2. The molecule has 9 N–H and O–H groups in total. The Kier molecular flexibility index (Phi) is 32.5. The largest absolute Gasteiger partial charge is 0.465 e. The molecule has 22 nitrogen and oxygen atoms in total. The summed E-state index contributed by atoms with van der Waals surface area (Å²) in [6.45, 7) is 26.8. The number of ether oxygens (including phenoxy) is 2. The molecule has 9 aromatic rings. The molecular weight excluding hydrogens is 1260 g/mol. The SMILES string of the molecule is CNc1ccc(-c2nn[nH]n2)cc1.CNc1ccc(C)cc1.COC(=O)c1ccc(NC=O)cc1.Cc1ccc(NC=O)cc1.[C-]#[N+]c1ccc(CCN2CCC(O)(CNc3ccc(C(=O)OC)cc3)CC2)cc1.[C-]#[N+]c1ccc(CCN2CCC(O)(CNc3ccc(C)cc3)CC2)cc1. The number of anilines is 6. The van der Waals surface area contributed by atoms with Gasteiger partial charge in [0.1, 0.15) is 0 Å². The number of rotatable bonds is 21. The van der Waals surface area contributed by atoms with Gasteiger partial charge in [-0.1, -0.05) is 102 Å². The molecule has 0 bridgehead atoms. The highest BCUT2D eigenvalue weighted by atomic mass is 16.5. The van der Waals surface area contributed by atoms with E-state index in [0.29, 0.717) is 59.9 Å². The number of carbonyl (C=O) groups is 4. The van der Waals surface area contributed by atoms with Crippen LogP contribution in [-0.4, -0.2) is 157 Å². The number of benzene rings is 8. The lowest BCUT2D eigenvalue weighted by atomic mass is 9.91. The number of aromatic nitrogens is 4. The van der Waals surface area contributed by atoms with Gasteiger partial charge in [-0.3, -0.25) is 9.59 Å². The topological polar surface area (TPSA) is 269 Å². The van der Waals surface area contributed by atoms with Gasteiger partial charge in [0.2, 0.25) is 18.6 Å². The molecule has 0 atom stereocenters. The van der Waals surface area contributed by atoms with E-state index in [2.05, 4.69) is 139 Å². The molecule has 22 heteroatoms. The van der Waals surface area contributed by atoms with Crippen molar-refractivity contribution in [1.82, 2.24) is 30.4 Å². The van der Waals surface area contributed by atoms with Crippen molar-refractivity contribution >= 4 is 70.3 Å². The monoisotopic (exact) mass is 1350 g/mol. The average molecular weight is 1350 g/mol. The standard InChI is InChI=1S/C23H27N3O3.C22H27N3O.C9H9NO3.C8H9N5.C8H9NO.C8H11N/c1-24-20-7-3-18(4-8-20)11-14-26-15-12-23(28,13-16-26)17-25-21-9-5-19(6-10-21)22(27)29-2;1-18-3-7-21(8-4-18)24-17-22(26)12-15-25(16-13-22)14-11-19-5-9-20(23-2)10-6-19;1-13-9(12)7-2-4-8(5-3-7)10-6-11;1-9-7-4-2-6(3-5-7)8-10-12-13-11-8;1-7-2-4-8(5-3-7)9-6-10;1-7-3-5-8(9-2)6-4-7/h3-10,25,28H,11-17H2,2H3;3-10,24,26H,11-17H2,1H3;2-6H,1H3,(H,10,11);2-5,9H,1H3,(H,10,11,12,13);2-6H,1H3,(H,9,10);3-6,9H,1-2H3. The van der Waals surface area contributed by atoms with Gasteiger partial charge < -0.3 is 61.4 Å². The number of hydrogen-bond acceptors (Lipinski definition) is 17. The molecule has 0 saturated carbocycles. The summed E-state index contributed by atoms with van der Waals surface area (Å²) in [6.07, 6.45) is 6.20. The molecule has 2 saturated heterocycles. The molecule has 2 amide bonds. The first kappa shape index (κ1) is 77.7. The van der Waals surface area contributed by atoms with Gasteiger partial charge in [-0.15, -0.1) is 10.2 Å².